The van der Waals surface area contributed by atoms with E-state index in [1.54, 1.807) is 25.1 Å². The molecule has 21 heavy (non-hydrogen) atoms. The van der Waals surface area contributed by atoms with Crippen molar-refractivity contribution in [2.24, 2.45) is 0 Å². The van der Waals surface area contributed by atoms with Gasteiger partial charge < -0.3 is 20.3 Å². The average Bonchev–Trinajstić information content (AvgIpc) is 2.41. The Kier molecular flexibility index (Phi) is 4.52. The topological polar surface area (TPSA) is 61.7 Å². The number of rotatable bonds is 5. The summed E-state index contributed by atoms with van der Waals surface area (Å²) in [6, 6.07) is 8.75. The van der Waals surface area contributed by atoms with Gasteiger partial charge in [0.1, 0.15) is 11.5 Å². The second-order valence-electron chi connectivity index (χ2n) is 4.69. The van der Waals surface area contributed by atoms with Crippen LogP contribution in [0.4, 0.5) is 10.1 Å². The monoisotopic (exact) mass is 291 g/mol. The molecule has 0 aliphatic carbocycles. The number of anilines is 1. The molecule has 0 heterocycles. The molecule has 1 unspecified atom stereocenters. The third-order valence-electron chi connectivity index (χ3n) is 3.10. The molecule has 3 N–H and O–H groups in total. The lowest BCUT2D eigenvalue weighted by Crippen LogP contribution is -2.07. The van der Waals surface area contributed by atoms with Crippen LogP contribution in [0.3, 0.4) is 0 Å². The lowest BCUT2D eigenvalue weighted by molar-refractivity contribution is 0.321. The fourth-order valence-electron chi connectivity index (χ4n) is 2.09. The lowest BCUT2D eigenvalue weighted by Gasteiger charge is -2.17. The number of hydrogen-bond donors (Lipinski definition) is 3. The highest BCUT2D eigenvalue weighted by Gasteiger charge is 2.12. The fourth-order valence-corrected chi connectivity index (χ4v) is 2.09. The summed E-state index contributed by atoms with van der Waals surface area (Å²) < 4.78 is 18.9. The number of nitrogens with one attached hydrogen (secondary N) is 1. The van der Waals surface area contributed by atoms with Crippen LogP contribution in [0, 0.1) is 5.82 Å². The highest BCUT2D eigenvalue weighted by atomic mass is 19.1. The van der Waals surface area contributed by atoms with Crippen LogP contribution >= 0.6 is 0 Å². The van der Waals surface area contributed by atoms with Gasteiger partial charge in [0.15, 0.2) is 11.6 Å². The quantitative estimate of drug-likeness (QED) is 0.784. The number of aromatic hydroxyl groups is 2. The van der Waals surface area contributed by atoms with E-state index in [0.29, 0.717) is 17.9 Å². The summed E-state index contributed by atoms with van der Waals surface area (Å²) in [5.74, 6) is -0.246. The maximum absolute atomic E-state index is 13.8. The van der Waals surface area contributed by atoms with E-state index in [4.69, 9.17) is 4.74 Å². The predicted octanol–water partition coefficient (Wildman–Crippen LogP) is 3.81. The van der Waals surface area contributed by atoms with E-state index in [2.05, 4.69) is 5.32 Å². The molecular weight excluding hydrogens is 273 g/mol. The van der Waals surface area contributed by atoms with Crippen LogP contribution in [0.1, 0.15) is 25.5 Å². The van der Waals surface area contributed by atoms with Gasteiger partial charge in [-0.3, -0.25) is 0 Å². The molecule has 0 bridgehead atoms. The van der Waals surface area contributed by atoms with E-state index < -0.39 is 5.82 Å². The van der Waals surface area contributed by atoms with Crippen LogP contribution in [0.25, 0.3) is 0 Å². The number of ether oxygens (including phenoxy) is 1. The van der Waals surface area contributed by atoms with E-state index in [0.717, 1.165) is 0 Å². The molecule has 0 aliphatic rings. The van der Waals surface area contributed by atoms with Gasteiger partial charge >= 0.3 is 0 Å². The maximum Gasteiger partial charge on any atom is 0.167 e. The van der Waals surface area contributed by atoms with Gasteiger partial charge in [-0.15, -0.1) is 0 Å². The standard InChI is InChI=1S/C16H18FNO3/c1-3-21-16-7-4-11(8-14(16)17)18-10(2)13-6-5-12(19)9-15(13)20/h4-10,18-20H,3H2,1-2H3. The molecule has 2 rings (SSSR count). The van der Waals surface area contributed by atoms with Crippen LogP contribution in [-0.4, -0.2) is 16.8 Å². The van der Waals surface area contributed by atoms with Crippen molar-refractivity contribution >= 4 is 5.69 Å². The molecule has 0 saturated heterocycles. The molecule has 112 valence electrons. The number of phenolic OH excluding ortho intramolecular Hbond substituents is 2. The lowest BCUT2D eigenvalue weighted by atomic mass is 10.1. The molecule has 0 saturated carbocycles. The van der Waals surface area contributed by atoms with Crippen molar-refractivity contribution in [3.63, 3.8) is 0 Å². The molecule has 0 spiro atoms. The van der Waals surface area contributed by atoms with E-state index in [9.17, 15) is 14.6 Å². The second kappa shape index (κ2) is 6.35. The first-order valence-electron chi connectivity index (χ1n) is 6.72. The van der Waals surface area contributed by atoms with E-state index in [-0.39, 0.29) is 23.3 Å². The third kappa shape index (κ3) is 3.56. The number of phenols is 2. The Hall–Kier alpha value is -2.43. The average molecular weight is 291 g/mol. The summed E-state index contributed by atoms with van der Waals surface area (Å²) in [7, 11) is 0. The van der Waals surface area contributed by atoms with E-state index in [1.807, 2.05) is 6.92 Å². The summed E-state index contributed by atoms with van der Waals surface area (Å²) in [5.41, 5.74) is 1.19. The van der Waals surface area contributed by atoms with Gasteiger partial charge in [0.2, 0.25) is 0 Å². The van der Waals surface area contributed by atoms with Crippen molar-refractivity contribution in [2.45, 2.75) is 19.9 Å². The normalized spacial score (nSPS) is 12.0. The Morgan fingerprint density at radius 2 is 1.95 bits per heavy atom. The van der Waals surface area contributed by atoms with Gasteiger partial charge in [0.25, 0.3) is 0 Å². The summed E-state index contributed by atoms with van der Waals surface area (Å²) in [6.07, 6.45) is 0. The second-order valence-corrected chi connectivity index (χ2v) is 4.69. The van der Waals surface area contributed by atoms with Gasteiger partial charge in [-0.1, -0.05) is 0 Å². The molecular formula is C16H18FNO3. The summed E-state index contributed by atoms with van der Waals surface area (Å²) in [5, 5.41) is 22.2. The first-order chi connectivity index (χ1) is 10.0. The van der Waals surface area contributed by atoms with E-state index in [1.165, 1.54) is 18.2 Å². The van der Waals surface area contributed by atoms with Crippen LogP contribution in [0.2, 0.25) is 0 Å². The van der Waals surface area contributed by atoms with Gasteiger partial charge in [0.05, 0.1) is 12.6 Å². The Morgan fingerprint density at radius 3 is 2.57 bits per heavy atom. The molecule has 4 nitrogen and oxygen atoms in total. The predicted molar refractivity (Wildman–Crippen MR) is 79.4 cm³/mol. The Bertz CT molecular complexity index is 631. The molecule has 0 aliphatic heterocycles. The van der Waals surface area contributed by atoms with Crippen LogP contribution in [0.15, 0.2) is 36.4 Å². The molecule has 2 aromatic rings. The van der Waals surface area contributed by atoms with Crippen molar-refractivity contribution in [2.75, 3.05) is 11.9 Å². The first kappa shape index (κ1) is 15.0. The number of hydrogen-bond acceptors (Lipinski definition) is 4. The minimum Gasteiger partial charge on any atom is -0.508 e. The SMILES string of the molecule is CCOc1ccc(NC(C)c2ccc(O)cc2O)cc1F. The zero-order valence-electron chi connectivity index (χ0n) is 11.9. The molecule has 2 aromatic carbocycles. The van der Waals surface area contributed by atoms with Crippen LogP contribution in [-0.2, 0) is 0 Å². The first-order valence-corrected chi connectivity index (χ1v) is 6.72. The number of benzene rings is 2. The van der Waals surface area contributed by atoms with Crippen LogP contribution < -0.4 is 10.1 Å². The zero-order chi connectivity index (χ0) is 15.4. The molecule has 0 aromatic heterocycles. The van der Waals surface area contributed by atoms with E-state index >= 15 is 0 Å². The minimum absolute atomic E-state index is 0.00411. The van der Waals surface area contributed by atoms with Gasteiger partial charge in [-0.2, -0.15) is 0 Å². The molecule has 0 radical (unpaired) electrons. The third-order valence-corrected chi connectivity index (χ3v) is 3.10. The minimum atomic E-state index is -0.441. The molecule has 1 atom stereocenters. The maximum atomic E-state index is 13.8. The van der Waals surface area contributed by atoms with Crippen molar-refractivity contribution in [3.05, 3.63) is 47.8 Å². The highest BCUT2D eigenvalue weighted by molar-refractivity contribution is 5.51. The Morgan fingerprint density at radius 1 is 1.19 bits per heavy atom. The van der Waals surface area contributed by atoms with Crippen molar-refractivity contribution in [3.8, 4) is 17.2 Å². The Labute approximate surface area is 122 Å². The largest absolute Gasteiger partial charge is 0.508 e. The van der Waals surface area contributed by atoms with Crippen molar-refractivity contribution in [1.82, 2.24) is 0 Å². The summed E-state index contributed by atoms with van der Waals surface area (Å²) >= 11 is 0. The number of halogens is 1. The van der Waals surface area contributed by atoms with Crippen molar-refractivity contribution in [1.29, 1.82) is 0 Å². The molecule has 0 amide bonds. The van der Waals surface area contributed by atoms with Crippen molar-refractivity contribution < 1.29 is 19.3 Å². The Balaban J connectivity index is 2.15. The van der Waals surface area contributed by atoms with Gasteiger partial charge in [-0.05, 0) is 38.1 Å². The summed E-state index contributed by atoms with van der Waals surface area (Å²) in [6.45, 7) is 4.03. The highest BCUT2D eigenvalue weighted by Crippen LogP contribution is 2.30. The molecule has 0 fully saturated rings. The van der Waals surface area contributed by atoms with Gasteiger partial charge in [0, 0.05) is 23.4 Å². The molecule has 5 heteroatoms. The van der Waals surface area contributed by atoms with Crippen LogP contribution in [0.5, 0.6) is 17.2 Å². The summed E-state index contributed by atoms with van der Waals surface area (Å²) in [4.78, 5) is 0. The van der Waals surface area contributed by atoms with Gasteiger partial charge in [-0.25, -0.2) is 4.39 Å². The fraction of sp³-hybridized carbons (Fsp3) is 0.250. The zero-order valence-corrected chi connectivity index (χ0v) is 11.9. The smallest absolute Gasteiger partial charge is 0.167 e.